The summed E-state index contributed by atoms with van der Waals surface area (Å²) in [5.74, 6) is -0.741. The van der Waals surface area contributed by atoms with Crippen LogP contribution in [0, 0.1) is 0 Å². The van der Waals surface area contributed by atoms with Crippen molar-refractivity contribution < 1.29 is 22.7 Å². The molecule has 0 aliphatic carbocycles. The van der Waals surface area contributed by atoms with Crippen LogP contribution in [0.4, 0.5) is 13.2 Å². The molecule has 21 heavy (non-hydrogen) atoms. The summed E-state index contributed by atoms with van der Waals surface area (Å²) in [7, 11) is 0. The van der Waals surface area contributed by atoms with Crippen molar-refractivity contribution >= 4 is 18.3 Å². The number of amides is 1. The molecular weight excluding hydrogens is 309 g/mol. The molecule has 3 rings (SSSR count). The van der Waals surface area contributed by atoms with E-state index in [4.69, 9.17) is 4.74 Å². The number of ether oxygens (including phenoxy) is 1. The predicted octanol–water partition coefficient (Wildman–Crippen LogP) is 1.93. The molecule has 8 heteroatoms. The number of piperazine rings is 1. The van der Waals surface area contributed by atoms with Crippen LogP contribution in [0.15, 0.2) is 18.2 Å². The van der Waals surface area contributed by atoms with Gasteiger partial charge in [-0.1, -0.05) is 6.07 Å². The number of para-hydroxylation sites is 1. The summed E-state index contributed by atoms with van der Waals surface area (Å²) < 4.78 is 44.3. The topological polar surface area (TPSA) is 41.6 Å². The van der Waals surface area contributed by atoms with Crippen molar-refractivity contribution in [1.29, 1.82) is 0 Å². The lowest BCUT2D eigenvalue weighted by Gasteiger charge is -2.33. The molecule has 0 aromatic heterocycles. The Labute approximate surface area is 125 Å². The molecule has 2 aliphatic rings. The van der Waals surface area contributed by atoms with E-state index >= 15 is 0 Å². The summed E-state index contributed by atoms with van der Waals surface area (Å²) in [5, 5.41) is 3.11. The zero-order valence-electron chi connectivity index (χ0n) is 10.9. The van der Waals surface area contributed by atoms with E-state index in [-0.39, 0.29) is 36.4 Å². The second-order valence-electron chi connectivity index (χ2n) is 4.85. The first-order chi connectivity index (χ1) is 9.48. The fourth-order valence-corrected chi connectivity index (χ4v) is 2.60. The van der Waals surface area contributed by atoms with E-state index in [1.54, 1.807) is 4.90 Å². The molecule has 1 N–H and O–H groups in total. The molecule has 1 atom stereocenters. The van der Waals surface area contributed by atoms with Gasteiger partial charge in [-0.2, -0.15) is 13.2 Å². The number of hydrogen-bond acceptors (Lipinski definition) is 3. The third-order valence-corrected chi connectivity index (χ3v) is 3.58. The molecular formula is C13H14ClF3N2O2. The molecule has 1 aromatic rings. The molecule has 1 aromatic carbocycles. The van der Waals surface area contributed by atoms with Gasteiger partial charge in [0, 0.05) is 19.6 Å². The Kier molecular flexibility index (Phi) is 4.34. The van der Waals surface area contributed by atoms with Gasteiger partial charge in [-0.15, -0.1) is 12.4 Å². The summed E-state index contributed by atoms with van der Waals surface area (Å²) in [6.45, 7) is 1.71. The van der Waals surface area contributed by atoms with Crippen LogP contribution in [0.25, 0.3) is 0 Å². The van der Waals surface area contributed by atoms with Crippen LogP contribution in [0.5, 0.6) is 5.75 Å². The third-order valence-electron chi connectivity index (χ3n) is 3.58. The largest absolute Gasteiger partial charge is 0.490 e. The molecule has 1 amide bonds. The van der Waals surface area contributed by atoms with Crippen molar-refractivity contribution in [3.8, 4) is 5.75 Å². The zero-order chi connectivity index (χ0) is 14.3. The fraction of sp³-hybridized carbons (Fsp3) is 0.462. The fourth-order valence-electron chi connectivity index (χ4n) is 2.60. The maximum Gasteiger partial charge on any atom is 0.419 e. The number of benzene rings is 1. The Hall–Kier alpha value is -1.47. The molecule has 1 fully saturated rings. The molecule has 0 spiro atoms. The predicted molar refractivity (Wildman–Crippen MR) is 71.9 cm³/mol. The monoisotopic (exact) mass is 322 g/mol. The molecule has 1 saturated heterocycles. The SMILES string of the molecule is Cl.O=C1c2cccc(C(F)(F)F)c2OCC2CNCCN12. The third kappa shape index (κ3) is 2.80. The van der Waals surface area contributed by atoms with Crippen LogP contribution < -0.4 is 10.1 Å². The lowest BCUT2D eigenvalue weighted by Crippen LogP contribution is -2.54. The highest BCUT2D eigenvalue weighted by Gasteiger charge is 2.40. The average Bonchev–Trinajstić information content (AvgIpc) is 2.56. The van der Waals surface area contributed by atoms with Gasteiger partial charge in [-0.05, 0) is 12.1 Å². The van der Waals surface area contributed by atoms with Gasteiger partial charge >= 0.3 is 6.18 Å². The Balaban J connectivity index is 0.00000161. The maximum atomic E-state index is 13.0. The minimum atomic E-state index is -4.53. The Morgan fingerprint density at radius 2 is 2.10 bits per heavy atom. The summed E-state index contributed by atoms with van der Waals surface area (Å²) in [4.78, 5) is 14.0. The Morgan fingerprint density at radius 1 is 1.33 bits per heavy atom. The van der Waals surface area contributed by atoms with Crippen molar-refractivity contribution in [3.63, 3.8) is 0 Å². The first-order valence-corrected chi connectivity index (χ1v) is 6.33. The van der Waals surface area contributed by atoms with Crippen LogP contribution >= 0.6 is 12.4 Å². The van der Waals surface area contributed by atoms with Gasteiger partial charge in [0.15, 0.2) is 0 Å². The molecule has 1 unspecified atom stereocenters. The highest BCUT2D eigenvalue weighted by Crippen LogP contribution is 2.39. The highest BCUT2D eigenvalue weighted by atomic mass is 35.5. The van der Waals surface area contributed by atoms with Crippen LogP contribution in [0.3, 0.4) is 0 Å². The normalized spacial score (nSPS) is 21.6. The van der Waals surface area contributed by atoms with Gasteiger partial charge in [-0.25, -0.2) is 0 Å². The molecule has 0 saturated carbocycles. The number of carbonyl (C=O) groups is 1. The number of nitrogens with zero attached hydrogens (tertiary/aromatic N) is 1. The van der Waals surface area contributed by atoms with E-state index < -0.39 is 17.6 Å². The number of nitrogens with one attached hydrogen (secondary N) is 1. The van der Waals surface area contributed by atoms with E-state index in [1.807, 2.05) is 0 Å². The van der Waals surface area contributed by atoms with E-state index in [1.165, 1.54) is 12.1 Å². The van der Waals surface area contributed by atoms with Crippen LogP contribution in [-0.4, -0.2) is 43.1 Å². The first-order valence-electron chi connectivity index (χ1n) is 6.33. The van der Waals surface area contributed by atoms with Gasteiger partial charge in [0.1, 0.15) is 12.4 Å². The number of carbonyl (C=O) groups excluding carboxylic acids is 1. The molecule has 0 radical (unpaired) electrons. The second kappa shape index (κ2) is 5.73. The van der Waals surface area contributed by atoms with Crippen molar-refractivity contribution in [2.75, 3.05) is 26.2 Å². The van der Waals surface area contributed by atoms with Gasteiger partial charge in [0.2, 0.25) is 0 Å². The number of hydrogen-bond donors (Lipinski definition) is 1. The van der Waals surface area contributed by atoms with Gasteiger partial charge in [0.25, 0.3) is 5.91 Å². The molecule has 2 aliphatic heterocycles. The minimum Gasteiger partial charge on any atom is -0.490 e. The Bertz CT molecular complexity index is 551. The van der Waals surface area contributed by atoms with Crippen molar-refractivity contribution in [1.82, 2.24) is 10.2 Å². The number of halogens is 4. The van der Waals surface area contributed by atoms with Crippen LogP contribution in [-0.2, 0) is 6.18 Å². The first kappa shape index (κ1) is 15.9. The smallest absolute Gasteiger partial charge is 0.419 e. The lowest BCUT2D eigenvalue weighted by atomic mass is 10.1. The van der Waals surface area contributed by atoms with Crippen molar-refractivity contribution in [2.45, 2.75) is 12.2 Å². The van der Waals surface area contributed by atoms with Crippen LogP contribution in [0.1, 0.15) is 15.9 Å². The van der Waals surface area contributed by atoms with Crippen molar-refractivity contribution in [3.05, 3.63) is 29.3 Å². The lowest BCUT2D eigenvalue weighted by molar-refractivity contribution is -0.139. The second-order valence-corrected chi connectivity index (χ2v) is 4.85. The van der Waals surface area contributed by atoms with Gasteiger partial charge < -0.3 is 15.0 Å². The quantitative estimate of drug-likeness (QED) is 0.793. The zero-order valence-corrected chi connectivity index (χ0v) is 11.8. The summed E-state index contributed by atoms with van der Waals surface area (Å²) in [5.41, 5.74) is -0.902. The molecule has 116 valence electrons. The summed E-state index contributed by atoms with van der Waals surface area (Å²) in [6, 6.07) is 3.34. The summed E-state index contributed by atoms with van der Waals surface area (Å²) >= 11 is 0. The molecule has 2 heterocycles. The van der Waals surface area contributed by atoms with Gasteiger partial charge in [-0.3, -0.25) is 4.79 Å². The minimum absolute atomic E-state index is 0. The summed E-state index contributed by atoms with van der Waals surface area (Å²) in [6.07, 6.45) is -4.53. The van der Waals surface area contributed by atoms with E-state index in [2.05, 4.69) is 5.32 Å². The molecule has 4 nitrogen and oxygen atoms in total. The van der Waals surface area contributed by atoms with Crippen LogP contribution in [0.2, 0.25) is 0 Å². The highest BCUT2D eigenvalue weighted by molar-refractivity contribution is 5.98. The van der Waals surface area contributed by atoms with E-state index in [9.17, 15) is 18.0 Å². The Morgan fingerprint density at radius 3 is 2.81 bits per heavy atom. The maximum absolute atomic E-state index is 13.0. The molecule has 0 bridgehead atoms. The van der Waals surface area contributed by atoms with Crippen molar-refractivity contribution in [2.24, 2.45) is 0 Å². The number of fused-ring (bicyclic) bond motifs is 2. The van der Waals surface area contributed by atoms with Gasteiger partial charge in [0.05, 0.1) is 17.2 Å². The average molecular weight is 323 g/mol. The van der Waals surface area contributed by atoms with E-state index in [0.29, 0.717) is 19.6 Å². The standard InChI is InChI=1S/C13H13F3N2O2.ClH/c14-13(15,16)10-3-1-2-9-11(10)20-7-8-6-17-4-5-18(8)12(9)19;/h1-3,8,17H,4-7H2;1H. The number of alkyl halides is 3. The number of rotatable bonds is 0. The van der Waals surface area contributed by atoms with E-state index in [0.717, 1.165) is 6.07 Å².